The van der Waals surface area contributed by atoms with E-state index in [1.165, 1.54) is 0 Å². The van der Waals surface area contributed by atoms with Crippen LogP contribution in [0.4, 0.5) is 5.82 Å². The van der Waals surface area contributed by atoms with Crippen molar-refractivity contribution in [3.8, 4) is 6.07 Å². The Balaban J connectivity index is 1.66. The minimum absolute atomic E-state index is 0.0351. The van der Waals surface area contributed by atoms with Gasteiger partial charge in [-0.3, -0.25) is 4.79 Å². The number of hydrogen-bond donors (Lipinski definition) is 0. The lowest BCUT2D eigenvalue weighted by atomic mass is 10.2. The van der Waals surface area contributed by atoms with Crippen LogP contribution in [0.25, 0.3) is 0 Å². The van der Waals surface area contributed by atoms with Crippen LogP contribution in [-0.4, -0.2) is 47.0 Å². The zero-order valence-corrected chi connectivity index (χ0v) is 12.9. The highest BCUT2D eigenvalue weighted by atomic mass is 16.2. The molecule has 3 rings (SSSR count). The Hall–Kier alpha value is -2.94. The van der Waals surface area contributed by atoms with E-state index in [0.29, 0.717) is 37.4 Å². The van der Waals surface area contributed by atoms with Gasteiger partial charge < -0.3 is 9.80 Å². The fraction of sp³-hybridized carbons (Fsp3) is 0.294. The number of hydrogen-bond acceptors (Lipinski definition) is 5. The Kier molecular flexibility index (Phi) is 4.20. The maximum atomic E-state index is 12.5. The lowest BCUT2D eigenvalue weighted by molar-refractivity contribution is 0.0740. The second-order valence-corrected chi connectivity index (χ2v) is 5.46. The number of aryl methyl sites for hydroxylation is 1. The number of nitriles is 1. The largest absolute Gasteiger partial charge is 0.353 e. The van der Waals surface area contributed by atoms with Crippen molar-refractivity contribution in [1.82, 2.24) is 14.9 Å². The van der Waals surface area contributed by atoms with Gasteiger partial charge in [-0.1, -0.05) is 6.07 Å². The van der Waals surface area contributed by atoms with Gasteiger partial charge in [0.05, 0.1) is 11.6 Å². The van der Waals surface area contributed by atoms with E-state index in [-0.39, 0.29) is 5.91 Å². The standard InChI is InChI=1S/C17H17N5O/c1-13-3-2-4-15(20-13)17(23)22-9-7-21(8-10-22)16-11-14(12-18)5-6-19-16/h2-6,11H,7-10H2,1H3. The van der Waals surface area contributed by atoms with E-state index in [0.717, 1.165) is 11.5 Å². The van der Waals surface area contributed by atoms with Crippen molar-refractivity contribution < 1.29 is 4.79 Å². The van der Waals surface area contributed by atoms with Crippen molar-refractivity contribution in [2.45, 2.75) is 6.92 Å². The van der Waals surface area contributed by atoms with E-state index >= 15 is 0 Å². The molecular weight excluding hydrogens is 290 g/mol. The molecule has 1 fully saturated rings. The maximum absolute atomic E-state index is 12.5. The summed E-state index contributed by atoms with van der Waals surface area (Å²) in [6.45, 7) is 4.50. The fourth-order valence-corrected chi connectivity index (χ4v) is 2.62. The third-order valence-electron chi connectivity index (χ3n) is 3.87. The van der Waals surface area contributed by atoms with Gasteiger partial charge in [-0.2, -0.15) is 5.26 Å². The van der Waals surface area contributed by atoms with Gasteiger partial charge in [0.25, 0.3) is 5.91 Å². The molecule has 0 unspecified atom stereocenters. The summed E-state index contributed by atoms with van der Waals surface area (Å²) in [5, 5.41) is 8.97. The second-order valence-electron chi connectivity index (χ2n) is 5.46. The quantitative estimate of drug-likeness (QED) is 0.843. The first-order chi connectivity index (χ1) is 11.2. The number of aromatic nitrogens is 2. The molecule has 3 heterocycles. The Labute approximate surface area is 135 Å². The number of rotatable bonds is 2. The Morgan fingerprint density at radius 2 is 2.00 bits per heavy atom. The maximum Gasteiger partial charge on any atom is 0.272 e. The van der Waals surface area contributed by atoms with Crippen molar-refractivity contribution in [1.29, 1.82) is 5.26 Å². The van der Waals surface area contributed by atoms with E-state index in [1.54, 1.807) is 24.4 Å². The zero-order valence-electron chi connectivity index (χ0n) is 12.9. The topological polar surface area (TPSA) is 73.1 Å². The average Bonchev–Trinajstić information content (AvgIpc) is 2.61. The van der Waals surface area contributed by atoms with Crippen LogP contribution in [0.3, 0.4) is 0 Å². The number of nitrogens with zero attached hydrogens (tertiary/aromatic N) is 5. The summed E-state index contributed by atoms with van der Waals surface area (Å²) >= 11 is 0. The van der Waals surface area contributed by atoms with Crippen LogP contribution in [0.15, 0.2) is 36.5 Å². The van der Waals surface area contributed by atoms with E-state index in [2.05, 4.69) is 20.9 Å². The number of piperazine rings is 1. The third kappa shape index (κ3) is 3.29. The van der Waals surface area contributed by atoms with Gasteiger partial charge in [-0.25, -0.2) is 9.97 Å². The highest BCUT2D eigenvalue weighted by Gasteiger charge is 2.23. The predicted molar refractivity (Wildman–Crippen MR) is 86.0 cm³/mol. The number of carbonyl (C=O) groups excluding carboxylic acids is 1. The minimum Gasteiger partial charge on any atom is -0.353 e. The smallest absolute Gasteiger partial charge is 0.272 e. The van der Waals surface area contributed by atoms with Gasteiger partial charge in [0, 0.05) is 38.1 Å². The summed E-state index contributed by atoms with van der Waals surface area (Å²) in [7, 11) is 0. The van der Waals surface area contributed by atoms with Crippen LogP contribution in [0, 0.1) is 18.3 Å². The molecule has 2 aromatic rings. The van der Waals surface area contributed by atoms with Crippen molar-refractivity contribution in [2.75, 3.05) is 31.1 Å². The Bertz CT molecular complexity index is 760. The molecule has 1 saturated heterocycles. The molecule has 6 nitrogen and oxygen atoms in total. The first-order valence-electron chi connectivity index (χ1n) is 7.51. The summed E-state index contributed by atoms with van der Waals surface area (Å²) in [5.41, 5.74) is 1.92. The van der Waals surface area contributed by atoms with Crippen molar-refractivity contribution in [3.05, 3.63) is 53.5 Å². The SMILES string of the molecule is Cc1cccc(C(=O)N2CCN(c3cc(C#N)ccn3)CC2)n1. The molecule has 0 aliphatic carbocycles. The van der Waals surface area contributed by atoms with E-state index in [9.17, 15) is 4.79 Å². The molecule has 0 bridgehead atoms. The van der Waals surface area contributed by atoms with Gasteiger partial charge in [-0.05, 0) is 31.2 Å². The molecule has 0 radical (unpaired) electrons. The molecule has 1 amide bonds. The number of amides is 1. The van der Waals surface area contributed by atoms with Gasteiger partial charge >= 0.3 is 0 Å². The molecular formula is C17H17N5O. The van der Waals surface area contributed by atoms with E-state index in [1.807, 2.05) is 24.0 Å². The fourth-order valence-electron chi connectivity index (χ4n) is 2.62. The molecule has 0 spiro atoms. The zero-order chi connectivity index (χ0) is 16.2. The van der Waals surface area contributed by atoms with E-state index < -0.39 is 0 Å². The molecule has 1 aliphatic heterocycles. The molecule has 1 aliphatic rings. The molecule has 0 atom stereocenters. The van der Waals surface area contributed by atoms with Gasteiger partial charge in [0.15, 0.2) is 0 Å². The minimum atomic E-state index is -0.0351. The summed E-state index contributed by atoms with van der Waals surface area (Å²) in [5.74, 6) is 0.747. The van der Waals surface area contributed by atoms with Crippen molar-refractivity contribution in [3.63, 3.8) is 0 Å². The van der Waals surface area contributed by atoms with Crippen LogP contribution in [-0.2, 0) is 0 Å². The van der Waals surface area contributed by atoms with E-state index in [4.69, 9.17) is 5.26 Å². The number of pyridine rings is 2. The summed E-state index contributed by atoms with van der Waals surface area (Å²) in [6, 6.07) is 11.1. The monoisotopic (exact) mass is 307 g/mol. The normalized spacial score (nSPS) is 14.4. The molecule has 6 heteroatoms. The van der Waals surface area contributed by atoms with Crippen LogP contribution in [0.2, 0.25) is 0 Å². The van der Waals surface area contributed by atoms with Crippen molar-refractivity contribution in [2.24, 2.45) is 0 Å². The summed E-state index contributed by atoms with van der Waals surface area (Å²) in [4.78, 5) is 25.0. The first kappa shape index (κ1) is 15.0. The number of carbonyl (C=O) groups is 1. The second kappa shape index (κ2) is 6.44. The first-order valence-corrected chi connectivity index (χ1v) is 7.51. The molecule has 23 heavy (non-hydrogen) atoms. The lowest BCUT2D eigenvalue weighted by Crippen LogP contribution is -2.49. The average molecular weight is 307 g/mol. The van der Waals surface area contributed by atoms with Crippen molar-refractivity contribution >= 4 is 11.7 Å². The Morgan fingerprint density at radius 3 is 2.70 bits per heavy atom. The molecule has 2 aromatic heterocycles. The molecule has 0 aromatic carbocycles. The summed E-state index contributed by atoms with van der Waals surface area (Å²) in [6.07, 6.45) is 1.64. The predicted octanol–water partition coefficient (Wildman–Crippen LogP) is 1.62. The molecule has 0 saturated carbocycles. The lowest BCUT2D eigenvalue weighted by Gasteiger charge is -2.35. The highest BCUT2D eigenvalue weighted by Crippen LogP contribution is 2.16. The van der Waals surface area contributed by atoms with Gasteiger partial charge in [-0.15, -0.1) is 0 Å². The summed E-state index contributed by atoms with van der Waals surface area (Å²) < 4.78 is 0. The van der Waals surface area contributed by atoms with Gasteiger partial charge in [0.1, 0.15) is 11.5 Å². The molecule has 0 N–H and O–H groups in total. The van der Waals surface area contributed by atoms with Crippen LogP contribution in [0.5, 0.6) is 0 Å². The molecule has 116 valence electrons. The Morgan fingerprint density at radius 1 is 1.22 bits per heavy atom. The van der Waals surface area contributed by atoms with Crippen LogP contribution < -0.4 is 4.90 Å². The third-order valence-corrected chi connectivity index (χ3v) is 3.87. The number of anilines is 1. The highest BCUT2D eigenvalue weighted by molar-refractivity contribution is 5.92. The van der Waals surface area contributed by atoms with Crippen LogP contribution in [0.1, 0.15) is 21.7 Å². The van der Waals surface area contributed by atoms with Crippen LogP contribution >= 0.6 is 0 Å². The van der Waals surface area contributed by atoms with Gasteiger partial charge in [0.2, 0.25) is 0 Å².